The first-order valence-electron chi connectivity index (χ1n) is 10.6. The quantitative estimate of drug-likeness (QED) is 0.577. The fraction of sp³-hybridized carbons (Fsp3) is 0.240. The number of piperazine rings is 1. The lowest BCUT2D eigenvalue weighted by Crippen LogP contribution is -2.46. The Kier molecular flexibility index (Phi) is 5.45. The fourth-order valence-electron chi connectivity index (χ4n) is 4.18. The van der Waals surface area contributed by atoms with E-state index in [1.807, 2.05) is 29.3 Å². The Hall–Kier alpha value is -3.16. The van der Waals surface area contributed by atoms with Gasteiger partial charge in [0.05, 0.1) is 16.8 Å². The number of hydrogen-bond donors (Lipinski definition) is 1. The number of phenolic OH excluding ortho intramolecular Hbond substituents is 1. The Morgan fingerprint density at radius 2 is 1.91 bits per heavy atom. The highest BCUT2D eigenvalue weighted by Gasteiger charge is 2.32. The highest BCUT2D eigenvalue weighted by Crippen LogP contribution is 2.40. The highest BCUT2D eigenvalue weighted by molar-refractivity contribution is 7.11. The number of benzene rings is 2. The minimum atomic E-state index is -0.216. The number of fused-ring (bicyclic) bond motifs is 1. The zero-order valence-electron chi connectivity index (χ0n) is 17.7. The maximum absolute atomic E-state index is 14.1. The Labute approximate surface area is 190 Å². The third-order valence-electron chi connectivity index (χ3n) is 6.03. The van der Waals surface area contributed by atoms with Crippen LogP contribution in [-0.4, -0.2) is 42.0 Å². The normalized spacial score (nSPS) is 17.6. The van der Waals surface area contributed by atoms with E-state index in [4.69, 9.17) is 4.74 Å². The maximum atomic E-state index is 14.1. The molecule has 0 atom stereocenters. The number of nitrogens with zero attached hydrogens (tertiary/aromatic N) is 2. The van der Waals surface area contributed by atoms with E-state index < -0.39 is 0 Å². The summed E-state index contributed by atoms with van der Waals surface area (Å²) in [6, 6.07) is 12.0. The molecule has 0 spiro atoms. The van der Waals surface area contributed by atoms with Crippen LogP contribution >= 0.6 is 11.3 Å². The van der Waals surface area contributed by atoms with Gasteiger partial charge in [0, 0.05) is 43.7 Å². The van der Waals surface area contributed by atoms with Gasteiger partial charge in [-0.3, -0.25) is 9.69 Å². The van der Waals surface area contributed by atoms with Crippen LogP contribution in [0.1, 0.15) is 26.4 Å². The molecule has 0 bridgehead atoms. The third kappa shape index (κ3) is 3.78. The average molecular weight is 451 g/mol. The molecule has 5 rings (SSSR count). The SMILES string of the molecule is Cc1ccsc1/C=C1\Oc2c(ccc(O)c2CN2CCN(c3ccccc3F)CC2)C1=O. The third-order valence-corrected chi connectivity index (χ3v) is 6.99. The van der Waals surface area contributed by atoms with Crippen LogP contribution < -0.4 is 9.64 Å². The molecule has 0 saturated carbocycles. The summed E-state index contributed by atoms with van der Waals surface area (Å²) in [5, 5.41) is 12.5. The summed E-state index contributed by atoms with van der Waals surface area (Å²) in [7, 11) is 0. The summed E-state index contributed by atoms with van der Waals surface area (Å²) in [5.41, 5.74) is 2.79. The van der Waals surface area contributed by atoms with Gasteiger partial charge in [-0.1, -0.05) is 12.1 Å². The number of ketones is 1. The predicted molar refractivity (Wildman–Crippen MR) is 124 cm³/mol. The molecule has 7 heteroatoms. The van der Waals surface area contributed by atoms with E-state index in [9.17, 15) is 14.3 Å². The van der Waals surface area contributed by atoms with E-state index in [-0.39, 0.29) is 23.1 Å². The molecule has 0 radical (unpaired) electrons. The number of halogens is 1. The van der Waals surface area contributed by atoms with Crippen molar-refractivity contribution >= 4 is 28.9 Å². The topological polar surface area (TPSA) is 53.0 Å². The summed E-state index contributed by atoms with van der Waals surface area (Å²) in [4.78, 5) is 18.1. The number of hydrogen-bond acceptors (Lipinski definition) is 6. The molecule has 1 N–H and O–H groups in total. The summed E-state index contributed by atoms with van der Waals surface area (Å²) in [6.45, 7) is 5.23. The molecule has 32 heavy (non-hydrogen) atoms. The van der Waals surface area contributed by atoms with Gasteiger partial charge in [0.25, 0.3) is 0 Å². The van der Waals surface area contributed by atoms with Gasteiger partial charge in [0.15, 0.2) is 5.76 Å². The van der Waals surface area contributed by atoms with Gasteiger partial charge < -0.3 is 14.7 Å². The summed E-state index contributed by atoms with van der Waals surface area (Å²) < 4.78 is 20.1. The van der Waals surface area contributed by atoms with Crippen LogP contribution in [0.25, 0.3) is 6.08 Å². The lowest BCUT2D eigenvalue weighted by Gasteiger charge is -2.36. The Morgan fingerprint density at radius 1 is 1.12 bits per heavy atom. The van der Waals surface area contributed by atoms with Crippen LogP contribution in [-0.2, 0) is 6.54 Å². The number of thiophene rings is 1. The minimum absolute atomic E-state index is 0.113. The Morgan fingerprint density at radius 3 is 2.62 bits per heavy atom. The number of Topliss-reactive ketones (excluding diaryl/α,β-unsaturated/α-hetero) is 1. The van der Waals surface area contributed by atoms with Gasteiger partial charge in [0.2, 0.25) is 5.78 Å². The lowest BCUT2D eigenvalue weighted by atomic mass is 10.0. The number of phenols is 1. The molecule has 1 saturated heterocycles. The monoisotopic (exact) mass is 450 g/mol. The molecule has 5 nitrogen and oxygen atoms in total. The van der Waals surface area contributed by atoms with Crippen molar-refractivity contribution in [1.82, 2.24) is 4.90 Å². The molecule has 2 aliphatic rings. The van der Waals surface area contributed by atoms with Crippen LogP contribution in [0.5, 0.6) is 11.5 Å². The number of rotatable bonds is 4. The van der Waals surface area contributed by atoms with E-state index in [0.717, 1.165) is 10.4 Å². The van der Waals surface area contributed by atoms with Crippen molar-refractivity contribution in [2.24, 2.45) is 0 Å². The van der Waals surface area contributed by atoms with Crippen molar-refractivity contribution in [3.63, 3.8) is 0 Å². The largest absolute Gasteiger partial charge is 0.507 e. The molecular weight excluding hydrogens is 427 g/mol. The number of carbonyl (C=O) groups is 1. The standard InChI is InChI=1S/C25H23FN2O3S/c1-16-8-13-32-23(16)14-22-24(30)17-6-7-21(29)18(25(17)31-22)15-27-9-11-28(12-10-27)20-5-3-2-4-19(20)26/h2-8,13-14,29H,9-12,15H2,1H3/b22-14-. The zero-order valence-corrected chi connectivity index (χ0v) is 18.5. The van der Waals surface area contributed by atoms with Crippen molar-refractivity contribution in [2.75, 3.05) is 31.1 Å². The molecule has 164 valence electrons. The lowest BCUT2D eigenvalue weighted by molar-refractivity contribution is 0.101. The van der Waals surface area contributed by atoms with E-state index in [1.165, 1.54) is 6.07 Å². The highest BCUT2D eigenvalue weighted by atomic mass is 32.1. The average Bonchev–Trinajstić information content (AvgIpc) is 3.34. The van der Waals surface area contributed by atoms with Crippen LogP contribution in [0, 0.1) is 12.7 Å². The predicted octanol–water partition coefficient (Wildman–Crippen LogP) is 4.84. The number of carbonyl (C=O) groups excluding carboxylic acids is 1. The first-order chi connectivity index (χ1) is 15.5. The van der Waals surface area contributed by atoms with Crippen LogP contribution in [0.3, 0.4) is 0 Å². The summed E-state index contributed by atoms with van der Waals surface area (Å²) in [5.74, 6) is 0.445. The first kappa shape index (κ1) is 20.7. The smallest absolute Gasteiger partial charge is 0.232 e. The van der Waals surface area contributed by atoms with Gasteiger partial charge >= 0.3 is 0 Å². The second kappa shape index (κ2) is 8.41. The van der Waals surface area contributed by atoms with Crippen LogP contribution in [0.15, 0.2) is 53.6 Å². The van der Waals surface area contributed by atoms with Gasteiger partial charge in [0.1, 0.15) is 17.3 Å². The first-order valence-corrected chi connectivity index (χ1v) is 11.4. The molecule has 2 aliphatic heterocycles. The Balaban J connectivity index is 1.34. The van der Waals surface area contributed by atoms with Gasteiger partial charge in [-0.2, -0.15) is 0 Å². The molecule has 1 fully saturated rings. The van der Waals surface area contributed by atoms with Crippen molar-refractivity contribution in [1.29, 1.82) is 0 Å². The van der Waals surface area contributed by atoms with Gasteiger partial charge in [-0.15, -0.1) is 11.3 Å². The molecule has 3 aromatic rings. The Bertz CT molecular complexity index is 1210. The number of aromatic hydroxyl groups is 1. The summed E-state index contributed by atoms with van der Waals surface area (Å²) in [6.07, 6.45) is 1.77. The number of ether oxygens (including phenoxy) is 1. The molecule has 0 amide bonds. The molecular formula is C25H23FN2O3S. The van der Waals surface area contributed by atoms with E-state index in [0.29, 0.717) is 55.3 Å². The number of allylic oxidation sites excluding steroid dienone is 1. The van der Waals surface area contributed by atoms with Crippen LogP contribution in [0.4, 0.5) is 10.1 Å². The van der Waals surface area contributed by atoms with Crippen molar-refractivity contribution in [3.05, 3.63) is 81.0 Å². The van der Waals surface area contributed by atoms with Gasteiger partial charge in [-0.05, 0) is 48.2 Å². The second-order valence-electron chi connectivity index (χ2n) is 8.06. The van der Waals surface area contributed by atoms with Crippen molar-refractivity contribution in [2.45, 2.75) is 13.5 Å². The number of para-hydroxylation sites is 1. The maximum Gasteiger partial charge on any atom is 0.232 e. The molecule has 0 aliphatic carbocycles. The molecule has 3 heterocycles. The molecule has 1 aromatic heterocycles. The van der Waals surface area contributed by atoms with E-state index >= 15 is 0 Å². The van der Waals surface area contributed by atoms with E-state index in [1.54, 1.807) is 41.7 Å². The minimum Gasteiger partial charge on any atom is -0.507 e. The van der Waals surface area contributed by atoms with Crippen molar-refractivity contribution < 1.29 is 19.0 Å². The zero-order chi connectivity index (χ0) is 22.2. The summed E-state index contributed by atoms with van der Waals surface area (Å²) >= 11 is 1.55. The van der Waals surface area contributed by atoms with Gasteiger partial charge in [-0.25, -0.2) is 4.39 Å². The van der Waals surface area contributed by atoms with Crippen LogP contribution in [0.2, 0.25) is 0 Å². The number of aryl methyl sites for hydroxylation is 1. The number of anilines is 1. The second-order valence-corrected chi connectivity index (χ2v) is 9.01. The molecule has 0 unspecified atom stereocenters. The molecule has 2 aromatic carbocycles. The fourth-order valence-corrected chi connectivity index (χ4v) is 5.03. The van der Waals surface area contributed by atoms with Crippen molar-refractivity contribution in [3.8, 4) is 11.5 Å². The van der Waals surface area contributed by atoms with E-state index in [2.05, 4.69) is 4.90 Å².